The van der Waals surface area contributed by atoms with E-state index in [2.05, 4.69) is 32.1 Å². The maximum atomic E-state index is 12.8. The van der Waals surface area contributed by atoms with Crippen molar-refractivity contribution in [3.63, 3.8) is 0 Å². The lowest BCUT2D eigenvalue weighted by Crippen LogP contribution is -2.50. The fourth-order valence-corrected chi connectivity index (χ4v) is 3.41. The van der Waals surface area contributed by atoms with E-state index in [1.54, 1.807) is 12.0 Å². The van der Waals surface area contributed by atoms with Crippen LogP contribution in [0.5, 0.6) is 0 Å². The van der Waals surface area contributed by atoms with Gasteiger partial charge in [0, 0.05) is 20.1 Å². The van der Waals surface area contributed by atoms with Crippen LogP contribution in [0.2, 0.25) is 0 Å². The van der Waals surface area contributed by atoms with Gasteiger partial charge in [0.2, 0.25) is 0 Å². The Balaban J connectivity index is 1.81. The number of rotatable bonds is 5. The van der Waals surface area contributed by atoms with Gasteiger partial charge in [-0.3, -0.25) is 0 Å². The fraction of sp³-hybridized carbons (Fsp3) is 0.350. The van der Waals surface area contributed by atoms with E-state index in [1.807, 2.05) is 37.3 Å². The topological polar surface area (TPSA) is 38.8 Å². The number of methoxy groups -OCH3 is 1. The molecule has 0 aliphatic carbocycles. The highest BCUT2D eigenvalue weighted by Crippen LogP contribution is 2.37. The minimum absolute atomic E-state index is 0.0237. The predicted molar refractivity (Wildman–Crippen MR) is 101 cm³/mol. The van der Waals surface area contributed by atoms with Crippen LogP contribution < -0.4 is 5.46 Å². The normalized spacial score (nSPS) is 21.7. The van der Waals surface area contributed by atoms with Crippen LogP contribution in [0.25, 0.3) is 0 Å². The van der Waals surface area contributed by atoms with Gasteiger partial charge in [-0.15, -0.1) is 0 Å². The third kappa shape index (κ3) is 3.56. The van der Waals surface area contributed by atoms with Gasteiger partial charge in [0.15, 0.2) is 5.60 Å². The van der Waals surface area contributed by atoms with Crippen LogP contribution in [0.3, 0.4) is 0 Å². The fourth-order valence-electron chi connectivity index (χ4n) is 3.41. The zero-order valence-corrected chi connectivity index (χ0v) is 15.1. The summed E-state index contributed by atoms with van der Waals surface area (Å²) >= 11 is 0. The SMILES string of the molecule is Bc1ccc([C@H](C)N2CC[C@@](COC)(c3ccccc3)OC2=O)cc1. The van der Waals surface area contributed by atoms with Crippen molar-refractivity contribution >= 4 is 19.4 Å². The van der Waals surface area contributed by atoms with Crippen molar-refractivity contribution in [2.45, 2.75) is 25.0 Å². The number of hydrogen-bond acceptors (Lipinski definition) is 3. The monoisotopic (exact) mass is 337 g/mol. The van der Waals surface area contributed by atoms with Crippen LogP contribution in [-0.2, 0) is 15.1 Å². The molecule has 25 heavy (non-hydrogen) atoms. The number of nitrogens with zero attached hydrogens (tertiary/aromatic N) is 1. The molecule has 130 valence electrons. The number of ether oxygens (including phenoxy) is 2. The lowest BCUT2D eigenvalue weighted by molar-refractivity contribution is -0.0964. The second-order valence-electron chi connectivity index (χ2n) is 6.69. The quantitative estimate of drug-likeness (QED) is 0.787. The molecule has 2 aromatic rings. The van der Waals surface area contributed by atoms with Crippen molar-refractivity contribution in [1.29, 1.82) is 0 Å². The third-order valence-electron chi connectivity index (χ3n) is 4.98. The molecular weight excluding hydrogens is 313 g/mol. The van der Waals surface area contributed by atoms with Gasteiger partial charge >= 0.3 is 6.09 Å². The Morgan fingerprint density at radius 1 is 1.20 bits per heavy atom. The molecule has 0 radical (unpaired) electrons. The van der Waals surface area contributed by atoms with E-state index in [0.717, 1.165) is 11.1 Å². The highest BCUT2D eigenvalue weighted by atomic mass is 16.6. The Labute approximate surface area is 150 Å². The smallest absolute Gasteiger partial charge is 0.411 e. The van der Waals surface area contributed by atoms with E-state index in [-0.39, 0.29) is 12.1 Å². The number of carbonyl (C=O) groups is 1. The molecule has 0 unspecified atom stereocenters. The largest absolute Gasteiger partial charge is 0.435 e. The van der Waals surface area contributed by atoms with Crippen LogP contribution in [0.1, 0.15) is 30.5 Å². The Bertz CT molecular complexity index is 719. The summed E-state index contributed by atoms with van der Waals surface area (Å²) in [6.07, 6.45) is 0.410. The Hall–Kier alpha value is -2.27. The second-order valence-corrected chi connectivity index (χ2v) is 6.69. The van der Waals surface area contributed by atoms with Gasteiger partial charge in [-0.1, -0.05) is 60.1 Å². The van der Waals surface area contributed by atoms with Crippen molar-refractivity contribution in [3.8, 4) is 0 Å². The first-order valence-electron chi connectivity index (χ1n) is 8.66. The minimum atomic E-state index is -0.712. The Morgan fingerprint density at radius 2 is 1.88 bits per heavy atom. The highest BCUT2D eigenvalue weighted by Gasteiger charge is 2.43. The van der Waals surface area contributed by atoms with E-state index < -0.39 is 5.60 Å². The first-order chi connectivity index (χ1) is 12.1. The molecule has 2 aromatic carbocycles. The molecule has 3 rings (SSSR count). The molecule has 0 saturated carbocycles. The van der Waals surface area contributed by atoms with Crippen molar-refractivity contribution < 1.29 is 14.3 Å². The van der Waals surface area contributed by atoms with Gasteiger partial charge in [0.1, 0.15) is 7.85 Å². The van der Waals surface area contributed by atoms with E-state index in [1.165, 1.54) is 5.46 Å². The molecule has 2 atom stereocenters. The molecule has 1 fully saturated rings. The molecule has 1 aliphatic rings. The standard InChI is InChI=1S/C20H24BNO3/c1-15(16-8-10-18(21)11-9-16)22-13-12-20(14-24-2,25-19(22)23)17-6-4-3-5-7-17/h3-11,15H,12-14,21H2,1-2H3/t15-,20+/m0/s1. The van der Waals surface area contributed by atoms with Gasteiger partial charge < -0.3 is 14.4 Å². The average molecular weight is 337 g/mol. The number of hydrogen-bond donors (Lipinski definition) is 0. The van der Waals surface area contributed by atoms with E-state index in [4.69, 9.17) is 9.47 Å². The van der Waals surface area contributed by atoms with Gasteiger partial charge in [-0.05, 0) is 18.1 Å². The molecule has 1 aliphatic heterocycles. The molecule has 1 amide bonds. The van der Waals surface area contributed by atoms with Gasteiger partial charge in [-0.25, -0.2) is 4.79 Å². The Morgan fingerprint density at radius 3 is 2.48 bits per heavy atom. The predicted octanol–water partition coefficient (Wildman–Crippen LogP) is 2.39. The van der Waals surface area contributed by atoms with Crippen LogP contribution in [0.4, 0.5) is 4.79 Å². The molecular formula is C20H24BNO3. The number of benzene rings is 2. The van der Waals surface area contributed by atoms with Crippen LogP contribution >= 0.6 is 0 Å². The lowest BCUT2D eigenvalue weighted by atomic mass is 9.89. The number of amides is 1. The van der Waals surface area contributed by atoms with E-state index >= 15 is 0 Å². The van der Waals surface area contributed by atoms with E-state index in [0.29, 0.717) is 19.6 Å². The summed E-state index contributed by atoms with van der Waals surface area (Å²) < 4.78 is 11.3. The summed E-state index contributed by atoms with van der Waals surface area (Å²) in [7, 11) is 3.70. The van der Waals surface area contributed by atoms with Crippen molar-refractivity contribution in [2.24, 2.45) is 0 Å². The molecule has 0 N–H and O–H groups in total. The summed E-state index contributed by atoms with van der Waals surface area (Å²) in [6.45, 7) is 3.03. The maximum Gasteiger partial charge on any atom is 0.411 e. The van der Waals surface area contributed by atoms with Crippen LogP contribution in [0.15, 0.2) is 54.6 Å². The summed E-state index contributed by atoms with van der Waals surface area (Å²) in [6, 6.07) is 18.1. The number of cyclic esters (lactones) is 1. The molecule has 0 spiro atoms. The second kappa shape index (κ2) is 7.32. The summed E-state index contributed by atoms with van der Waals surface area (Å²) in [5.41, 5.74) is 2.59. The van der Waals surface area contributed by atoms with Crippen LogP contribution in [0, 0.1) is 0 Å². The summed E-state index contributed by atoms with van der Waals surface area (Å²) in [5, 5.41) is 0. The van der Waals surface area contributed by atoms with Gasteiger partial charge in [-0.2, -0.15) is 0 Å². The number of carbonyl (C=O) groups excluding carboxylic acids is 1. The van der Waals surface area contributed by atoms with Gasteiger partial charge in [0.05, 0.1) is 12.6 Å². The highest BCUT2D eigenvalue weighted by molar-refractivity contribution is 6.32. The zero-order valence-electron chi connectivity index (χ0n) is 15.1. The summed E-state index contributed by atoms with van der Waals surface area (Å²) in [5.74, 6) is 0. The Kier molecular flexibility index (Phi) is 5.14. The average Bonchev–Trinajstić information content (AvgIpc) is 2.63. The molecule has 4 nitrogen and oxygen atoms in total. The molecule has 1 heterocycles. The van der Waals surface area contributed by atoms with Crippen LogP contribution in [-0.4, -0.2) is 39.1 Å². The first kappa shape index (κ1) is 17.6. The van der Waals surface area contributed by atoms with Crippen molar-refractivity contribution in [2.75, 3.05) is 20.3 Å². The maximum absolute atomic E-state index is 12.8. The van der Waals surface area contributed by atoms with E-state index in [9.17, 15) is 4.79 Å². The van der Waals surface area contributed by atoms with Crippen molar-refractivity contribution in [1.82, 2.24) is 4.90 Å². The molecule has 0 aromatic heterocycles. The molecule has 1 saturated heterocycles. The minimum Gasteiger partial charge on any atom is -0.435 e. The molecule has 5 heteroatoms. The third-order valence-corrected chi connectivity index (χ3v) is 4.98. The lowest BCUT2D eigenvalue weighted by Gasteiger charge is -2.43. The van der Waals surface area contributed by atoms with Crippen molar-refractivity contribution in [3.05, 3.63) is 65.7 Å². The summed E-state index contributed by atoms with van der Waals surface area (Å²) in [4.78, 5) is 14.6. The zero-order chi connectivity index (χ0) is 17.9. The van der Waals surface area contributed by atoms with Gasteiger partial charge in [0.25, 0.3) is 0 Å². The first-order valence-corrected chi connectivity index (χ1v) is 8.66. The molecule has 0 bridgehead atoms.